The van der Waals surface area contributed by atoms with E-state index in [-0.39, 0.29) is 6.61 Å². The first-order valence-electron chi connectivity index (χ1n) is 6.89. The van der Waals surface area contributed by atoms with Crippen molar-refractivity contribution in [1.29, 1.82) is 0 Å². The zero-order valence-corrected chi connectivity index (χ0v) is 11.4. The summed E-state index contributed by atoms with van der Waals surface area (Å²) in [7, 11) is 0. The van der Waals surface area contributed by atoms with Gasteiger partial charge in [-0.1, -0.05) is 0 Å². The van der Waals surface area contributed by atoms with E-state index in [0.717, 1.165) is 43.1 Å². The maximum absolute atomic E-state index is 9.20. The first-order chi connectivity index (χ1) is 8.69. The third kappa shape index (κ3) is 2.32. The third-order valence-electron chi connectivity index (χ3n) is 3.81. The van der Waals surface area contributed by atoms with Crippen LogP contribution in [-0.4, -0.2) is 34.1 Å². The molecule has 1 aromatic rings. The Hall–Kier alpha value is -1.23. The molecule has 5 heteroatoms. The molecule has 2 heterocycles. The second kappa shape index (κ2) is 5.61. The minimum absolute atomic E-state index is 0.236. The molecule has 18 heavy (non-hydrogen) atoms. The van der Waals surface area contributed by atoms with Crippen LogP contribution in [0.3, 0.4) is 0 Å². The predicted octanol–water partition coefficient (Wildman–Crippen LogP) is 1.53. The standard InChI is InChI=1S/C13H24N4O/c1-3-17-13(12(14)10(2)15-17)16-8-5-4-6-11(16)7-9-18/h11,18H,3-9,14H2,1-2H3. The molecule has 2 rings (SSSR count). The highest BCUT2D eigenvalue weighted by Gasteiger charge is 2.27. The highest BCUT2D eigenvalue weighted by molar-refractivity contribution is 5.66. The van der Waals surface area contributed by atoms with Gasteiger partial charge < -0.3 is 15.7 Å². The van der Waals surface area contributed by atoms with Crippen LogP contribution in [0.25, 0.3) is 0 Å². The molecule has 5 nitrogen and oxygen atoms in total. The van der Waals surface area contributed by atoms with Crippen molar-refractivity contribution in [3.05, 3.63) is 5.69 Å². The van der Waals surface area contributed by atoms with Gasteiger partial charge in [0.1, 0.15) is 0 Å². The first kappa shape index (κ1) is 13.2. The zero-order chi connectivity index (χ0) is 13.1. The minimum Gasteiger partial charge on any atom is -0.396 e. The zero-order valence-electron chi connectivity index (χ0n) is 11.4. The number of nitrogens with zero attached hydrogens (tertiary/aromatic N) is 3. The largest absolute Gasteiger partial charge is 0.396 e. The number of hydrogen-bond acceptors (Lipinski definition) is 4. The van der Waals surface area contributed by atoms with Crippen LogP contribution in [0.4, 0.5) is 11.5 Å². The second-order valence-electron chi connectivity index (χ2n) is 4.99. The van der Waals surface area contributed by atoms with Crippen LogP contribution >= 0.6 is 0 Å². The van der Waals surface area contributed by atoms with Crippen molar-refractivity contribution in [2.45, 2.75) is 52.1 Å². The monoisotopic (exact) mass is 252 g/mol. The summed E-state index contributed by atoms with van der Waals surface area (Å²) in [6.45, 7) is 6.12. The van der Waals surface area contributed by atoms with Crippen LogP contribution in [0.5, 0.6) is 0 Å². The molecule has 1 aliphatic rings. The average molecular weight is 252 g/mol. The number of nitrogens with two attached hydrogens (primary N) is 1. The lowest BCUT2D eigenvalue weighted by molar-refractivity contribution is 0.261. The summed E-state index contributed by atoms with van der Waals surface area (Å²) in [5.41, 5.74) is 7.88. The molecule has 1 aliphatic heterocycles. The smallest absolute Gasteiger partial charge is 0.150 e. The molecular weight excluding hydrogens is 228 g/mol. The Morgan fingerprint density at radius 2 is 2.22 bits per heavy atom. The molecule has 0 bridgehead atoms. The highest BCUT2D eigenvalue weighted by atomic mass is 16.3. The Kier molecular flexibility index (Phi) is 4.11. The molecule has 0 aliphatic carbocycles. The normalized spacial score (nSPS) is 20.4. The molecule has 0 saturated carbocycles. The maximum Gasteiger partial charge on any atom is 0.150 e. The van der Waals surface area contributed by atoms with E-state index < -0.39 is 0 Å². The van der Waals surface area contributed by atoms with Crippen molar-refractivity contribution in [1.82, 2.24) is 9.78 Å². The Morgan fingerprint density at radius 1 is 1.44 bits per heavy atom. The van der Waals surface area contributed by atoms with Crippen molar-refractivity contribution < 1.29 is 5.11 Å². The Bertz CT molecular complexity index is 400. The van der Waals surface area contributed by atoms with Crippen molar-refractivity contribution in [2.75, 3.05) is 23.8 Å². The van der Waals surface area contributed by atoms with Gasteiger partial charge >= 0.3 is 0 Å². The van der Waals surface area contributed by atoms with Gasteiger partial charge in [0, 0.05) is 25.7 Å². The number of anilines is 2. The number of aliphatic hydroxyl groups excluding tert-OH is 1. The lowest BCUT2D eigenvalue weighted by atomic mass is 9.99. The number of piperidine rings is 1. The van der Waals surface area contributed by atoms with Crippen molar-refractivity contribution >= 4 is 11.5 Å². The SMILES string of the molecule is CCn1nc(C)c(N)c1N1CCCCC1CCO. The van der Waals surface area contributed by atoms with Gasteiger partial charge in [0.2, 0.25) is 0 Å². The molecule has 0 spiro atoms. The molecule has 102 valence electrons. The van der Waals surface area contributed by atoms with Crippen LogP contribution in [0.1, 0.15) is 38.3 Å². The molecule has 1 unspecified atom stereocenters. The predicted molar refractivity (Wildman–Crippen MR) is 73.7 cm³/mol. The van der Waals surface area contributed by atoms with Gasteiger partial charge in [-0.05, 0) is 39.5 Å². The second-order valence-corrected chi connectivity index (χ2v) is 4.99. The van der Waals surface area contributed by atoms with Gasteiger partial charge in [0.15, 0.2) is 5.82 Å². The molecular formula is C13H24N4O. The number of nitrogen functional groups attached to an aromatic ring is 1. The van der Waals surface area contributed by atoms with Crippen molar-refractivity contribution in [3.8, 4) is 0 Å². The van der Waals surface area contributed by atoms with Gasteiger partial charge in [0.05, 0.1) is 11.4 Å². The summed E-state index contributed by atoms with van der Waals surface area (Å²) < 4.78 is 1.99. The number of aryl methyl sites for hydroxylation is 2. The molecule has 0 aromatic carbocycles. The fourth-order valence-electron chi connectivity index (χ4n) is 2.84. The summed E-state index contributed by atoms with van der Waals surface area (Å²) in [4.78, 5) is 2.35. The Morgan fingerprint density at radius 3 is 2.89 bits per heavy atom. The summed E-state index contributed by atoms with van der Waals surface area (Å²) in [6, 6.07) is 0.396. The molecule has 1 atom stereocenters. The van der Waals surface area contributed by atoms with E-state index >= 15 is 0 Å². The van der Waals surface area contributed by atoms with E-state index in [2.05, 4.69) is 16.9 Å². The van der Waals surface area contributed by atoms with E-state index in [4.69, 9.17) is 5.73 Å². The molecule has 1 aromatic heterocycles. The fraction of sp³-hybridized carbons (Fsp3) is 0.769. The molecule has 0 amide bonds. The lowest BCUT2D eigenvalue weighted by Gasteiger charge is -2.37. The summed E-state index contributed by atoms with van der Waals surface area (Å²) >= 11 is 0. The van der Waals surface area contributed by atoms with Crippen LogP contribution in [0.2, 0.25) is 0 Å². The number of rotatable bonds is 4. The van der Waals surface area contributed by atoms with Gasteiger partial charge in [-0.2, -0.15) is 5.10 Å². The van der Waals surface area contributed by atoms with Crippen LogP contribution < -0.4 is 10.6 Å². The summed E-state index contributed by atoms with van der Waals surface area (Å²) in [5, 5.41) is 13.7. The lowest BCUT2D eigenvalue weighted by Crippen LogP contribution is -2.41. The molecule has 0 radical (unpaired) electrons. The summed E-state index contributed by atoms with van der Waals surface area (Å²) in [5.74, 6) is 1.05. The maximum atomic E-state index is 9.20. The number of hydrogen-bond donors (Lipinski definition) is 2. The highest BCUT2D eigenvalue weighted by Crippen LogP contribution is 2.32. The van der Waals surface area contributed by atoms with E-state index in [1.54, 1.807) is 0 Å². The van der Waals surface area contributed by atoms with Gasteiger partial charge in [-0.3, -0.25) is 0 Å². The average Bonchev–Trinajstić information content (AvgIpc) is 2.67. The van der Waals surface area contributed by atoms with Gasteiger partial charge in [-0.15, -0.1) is 0 Å². The van der Waals surface area contributed by atoms with Crippen LogP contribution in [0.15, 0.2) is 0 Å². The quantitative estimate of drug-likeness (QED) is 0.853. The fourth-order valence-corrected chi connectivity index (χ4v) is 2.84. The molecule has 3 N–H and O–H groups in total. The Labute approximate surface area is 109 Å². The minimum atomic E-state index is 0.236. The van der Waals surface area contributed by atoms with Crippen molar-refractivity contribution in [3.63, 3.8) is 0 Å². The van der Waals surface area contributed by atoms with E-state index in [0.29, 0.717) is 6.04 Å². The number of aliphatic hydroxyl groups is 1. The van der Waals surface area contributed by atoms with E-state index in [1.165, 1.54) is 12.8 Å². The van der Waals surface area contributed by atoms with Gasteiger partial charge in [0.25, 0.3) is 0 Å². The van der Waals surface area contributed by atoms with E-state index in [9.17, 15) is 5.11 Å². The number of aromatic nitrogens is 2. The first-order valence-corrected chi connectivity index (χ1v) is 6.89. The Balaban J connectivity index is 2.32. The molecule has 1 saturated heterocycles. The van der Waals surface area contributed by atoms with Crippen LogP contribution in [-0.2, 0) is 6.54 Å². The van der Waals surface area contributed by atoms with Gasteiger partial charge in [-0.25, -0.2) is 4.68 Å². The topological polar surface area (TPSA) is 67.3 Å². The van der Waals surface area contributed by atoms with E-state index in [1.807, 2.05) is 11.6 Å². The van der Waals surface area contributed by atoms with Crippen molar-refractivity contribution in [2.24, 2.45) is 0 Å². The molecule has 1 fully saturated rings. The summed E-state index contributed by atoms with van der Waals surface area (Å²) in [6.07, 6.45) is 4.37. The third-order valence-corrected chi connectivity index (χ3v) is 3.81. The van der Waals surface area contributed by atoms with Crippen LogP contribution in [0, 0.1) is 6.92 Å².